The molecule has 0 aromatic heterocycles. The summed E-state index contributed by atoms with van der Waals surface area (Å²) in [5.41, 5.74) is 2.14. The molecule has 16 heavy (non-hydrogen) atoms. The minimum absolute atomic E-state index is 0.130. The zero-order chi connectivity index (χ0) is 12.2. The minimum Gasteiger partial charge on any atom is -0.293 e. The molecule has 6 nitrogen and oxygen atoms in total. The predicted octanol–water partition coefficient (Wildman–Crippen LogP) is -1.12. The van der Waals surface area contributed by atoms with Gasteiger partial charge in [0.25, 0.3) is 5.91 Å². The number of nitrogens with two attached hydrogens (primary N) is 1. The summed E-state index contributed by atoms with van der Waals surface area (Å²) in [6.07, 6.45) is 1.56. The maximum atomic E-state index is 11.5. The lowest BCUT2D eigenvalue weighted by molar-refractivity contribution is -0.126. The average molecular weight is 249 g/mol. The number of hydrazine groups is 1. The van der Waals surface area contributed by atoms with E-state index >= 15 is 0 Å². The average Bonchev–Trinajstić information content (AvgIpc) is 2.25. The molecule has 3 N–H and O–H groups in total. The molecule has 1 fully saturated rings. The second kappa shape index (κ2) is 5.60. The van der Waals surface area contributed by atoms with Crippen molar-refractivity contribution in [3.63, 3.8) is 0 Å². The first-order valence-corrected chi connectivity index (χ1v) is 7.27. The van der Waals surface area contributed by atoms with Gasteiger partial charge in [0, 0.05) is 13.1 Å². The Labute approximate surface area is 96.1 Å². The molecule has 0 radical (unpaired) electrons. The highest BCUT2D eigenvalue weighted by Gasteiger charge is 2.30. The first-order valence-electron chi connectivity index (χ1n) is 5.45. The lowest BCUT2D eigenvalue weighted by Crippen LogP contribution is -2.53. The van der Waals surface area contributed by atoms with Gasteiger partial charge in [-0.1, -0.05) is 13.3 Å². The molecule has 0 aliphatic carbocycles. The Kier molecular flexibility index (Phi) is 4.69. The molecule has 0 aromatic carbocycles. The van der Waals surface area contributed by atoms with Gasteiger partial charge in [0.15, 0.2) is 9.84 Å². The van der Waals surface area contributed by atoms with Gasteiger partial charge in [-0.25, -0.2) is 14.3 Å². The number of carbonyl (C=O) groups excluding carboxylic acids is 1. The van der Waals surface area contributed by atoms with Gasteiger partial charge in [0.2, 0.25) is 0 Å². The Morgan fingerprint density at radius 1 is 1.44 bits per heavy atom. The highest BCUT2D eigenvalue weighted by molar-refractivity contribution is 7.91. The van der Waals surface area contributed by atoms with Crippen molar-refractivity contribution in [1.29, 1.82) is 0 Å². The van der Waals surface area contributed by atoms with Gasteiger partial charge in [-0.2, -0.15) is 0 Å². The number of hydrogen-bond acceptors (Lipinski definition) is 5. The minimum atomic E-state index is -2.90. The first-order chi connectivity index (χ1) is 7.50. The molecule has 0 aromatic rings. The van der Waals surface area contributed by atoms with E-state index < -0.39 is 9.84 Å². The Bertz CT molecular complexity index is 328. The van der Waals surface area contributed by atoms with Crippen LogP contribution in [0.25, 0.3) is 0 Å². The fourth-order valence-corrected chi connectivity index (χ4v) is 3.12. The van der Waals surface area contributed by atoms with E-state index in [0.29, 0.717) is 19.5 Å². The van der Waals surface area contributed by atoms with Crippen molar-refractivity contribution in [3.8, 4) is 0 Å². The van der Waals surface area contributed by atoms with E-state index in [1.807, 2.05) is 11.8 Å². The fraction of sp³-hybridized carbons (Fsp3) is 0.889. The number of rotatable bonds is 4. The SMILES string of the molecule is CCCC(C(=O)NN)N1CCS(=O)(=O)CC1. The molecule has 7 heteroatoms. The molecule has 1 aliphatic heterocycles. The molecule has 1 atom stereocenters. The van der Waals surface area contributed by atoms with Crippen LogP contribution in [0.15, 0.2) is 0 Å². The maximum Gasteiger partial charge on any atom is 0.251 e. The Morgan fingerprint density at radius 2 is 2.00 bits per heavy atom. The standard InChI is InChI=1S/C9H19N3O3S/c1-2-3-8(9(13)11-10)12-4-6-16(14,15)7-5-12/h8H,2-7,10H2,1H3,(H,11,13). The monoisotopic (exact) mass is 249 g/mol. The largest absolute Gasteiger partial charge is 0.293 e. The third-order valence-electron chi connectivity index (χ3n) is 2.83. The fourth-order valence-electron chi connectivity index (χ4n) is 1.89. The second-order valence-electron chi connectivity index (χ2n) is 4.00. The van der Waals surface area contributed by atoms with Gasteiger partial charge in [-0.15, -0.1) is 0 Å². The third-order valence-corrected chi connectivity index (χ3v) is 4.44. The van der Waals surface area contributed by atoms with Crippen molar-refractivity contribution < 1.29 is 13.2 Å². The molecule has 1 amide bonds. The Morgan fingerprint density at radius 3 is 2.44 bits per heavy atom. The summed E-state index contributed by atoms with van der Waals surface area (Å²) in [4.78, 5) is 13.4. The van der Waals surface area contributed by atoms with Crippen LogP contribution in [0.2, 0.25) is 0 Å². The van der Waals surface area contributed by atoms with Crippen LogP contribution < -0.4 is 11.3 Å². The quantitative estimate of drug-likeness (QED) is 0.374. The molecule has 1 heterocycles. The lowest BCUT2D eigenvalue weighted by atomic mass is 10.1. The van der Waals surface area contributed by atoms with Gasteiger partial charge in [-0.3, -0.25) is 15.1 Å². The summed E-state index contributed by atoms with van der Waals surface area (Å²) >= 11 is 0. The van der Waals surface area contributed by atoms with Crippen LogP contribution in [0.5, 0.6) is 0 Å². The third kappa shape index (κ3) is 3.43. The van der Waals surface area contributed by atoms with Crippen molar-refractivity contribution in [2.24, 2.45) is 5.84 Å². The van der Waals surface area contributed by atoms with Gasteiger partial charge >= 0.3 is 0 Å². The number of sulfone groups is 1. The maximum absolute atomic E-state index is 11.5. The number of nitrogens with zero attached hydrogens (tertiary/aromatic N) is 1. The molecule has 1 unspecified atom stereocenters. The van der Waals surface area contributed by atoms with E-state index in [9.17, 15) is 13.2 Å². The smallest absolute Gasteiger partial charge is 0.251 e. The van der Waals surface area contributed by atoms with Crippen LogP contribution in [0, 0.1) is 0 Å². The van der Waals surface area contributed by atoms with Gasteiger partial charge < -0.3 is 0 Å². The van der Waals surface area contributed by atoms with Gasteiger partial charge in [-0.05, 0) is 6.42 Å². The molecule has 1 saturated heterocycles. The number of carbonyl (C=O) groups is 1. The predicted molar refractivity (Wildman–Crippen MR) is 61.3 cm³/mol. The molecule has 0 bridgehead atoms. The van der Waals surface area contributed by atoms with E-state index in [2.05, 4.69) is 5.43 Å². The lowest BCUT2D eigenvalue weighted by Gasteiger charge is -2.32. The van der Waals surface area contributed by atoms with Crippen molar-refractivity contribution >= 4 is 15.7 Å². The van der Waals surface area contributed by atoms with E-state index in [-0.39, 0.29) is 23.5 Å². The second-order valence-corrected chi connectivity index (χ2v) is 6.30. The summed E-state index contributed by atoms with van der Waals surface area (Å²) in [7, 11) is -2.90. The van der Waals surface area contributed by atoms with Crippen LogP contribution >= 0.6 is 0 Å². The van der Waals surface area contributed by atoms with Crippen molar-refractivity contribution in [3.05, 3.63) is 0 Å². The molecular weight excluding hydrogens is 230 g/mol. The van der Waals surface area contributed by atoms with Crippen molar-refractivity contribution in [1.82, 2.24) is 10.3 Å². The molecule has 0 spiro atoms. The highest BCUT2D eigenvalue weighted by atomic mass is 32.2. The summed E-state index contributed by atoms with van der Waals surface area (Å²) in [5.74, 6) is 5.14. The summed E-state index contributed by atoms with van der Waals surface area (Å²) in [6.45, 7) is 2.82. The van der Waals surface area contributed by atoms with Gasteiger partial charge in [0.1, 0.15) is 0 Å². The molecule has 0 saturated carbocycles. The van der Waals surface area contributed by atoms with Crippen LogP contribution in [-0.4, -0.2) is 49.9 Å². The van der Waals surface area contributed by atoms with E-state index in [1.165, 1.54) is 0 Å². The van der Waals surface area contributed by atoms with E-state index in [1.54, 1.807) is 0 Å². The zero-order valence-corrected chi connectivity index (χ0v) is 10.3. The molecule has 1 aliphatic rings. The van der Waals surface area contributed by atoms with Crippen LogP contribution in [0.3, 0.4) is 0 Å². The molecule has 1 rings (SSSR count). The molecule has 94 valence electrons. The van der Waals surface area contributed by atoms with E-state index in [4.69, 9.17) is 5.84 Å². The Balaban J connectivity index is 2.63. The number of hydrogen-bond donors (Lipinski definition) is 2. The summed E-state index contributed by atoms with van der Waals surface area (Å²) in [6, 6.07) is -0.300. The number of amides is 1. The van der Waals surface area contributed by atoms with Gasteiger partial charge in [0.05, 0.1) is 17.5 Å². The Hall–Kier alpha value is -0.660. The van der Waals surface area contributed by atoms with Crippen molar-refractivity contribution in [2.45, 2.75) is 25.8 Å². The summed E-state index contributed by atoms with van der Waals surface area (Å²) in [5, 5.41) is 0. The number of nitrogens with one attached hydrogen (secondary N) is 1. The van der Waals surface area contributed by atoms with Crippen LogP contribution in [-0.2, 0) is 14.6 Å². The van der Waals surface area contributed by atoms with E-state index in [0.717, 1.165) is 6.42 Å². The van der Waals surface area contributed by atoms with Crippen LogP contribution in [0.4, 0.5) is 0 Å². The highest BCUT2D eigenvalue weighted by Crippen LogP contribution is 2.12. The molecular formula is C9H19N3O3S. The zero-order valence-electron chi connectivity index (χ0n) is 9.48. The summed E-state index contributed by atoms with van der Waals surface area (Å²) < 4.78 is 22.5. The van der Waals surface area contributed by atoms with Crippen LogP contribution in [0.1, 0.15) is 19.8 Å². The first kappa shape index (κ1) is 13.4. The van der Waals surface area contributed by atoms with Crippen molar-refractivity contribution in [2.75, 3.05) is 24.6 Å². The normalized spacial score (nSPS) is 22.6. The topological polar surface area (TPSA) is 92.5 Å².